The van der Waals surface area contributed by atoms with E-state index in [1.807, 2.05) is 6.92 Å². The summed E-state index contributed by atoms with van der Waals surface area (Å²) in [6, 6.07) is 4.43. The van der Waals surface area contributed by atoms with E-state index in [1.165, 1.54) is 17.0 Å². The molecule has 1 amide bonds. The van der Waals surface area contributed by atoms with E-state index in [9.17, 15) is 18.0 Å². The van der Waals surface area contributed by atoms with E-state index in [2.05, 4.69) is 15.2 Å². The van der Waals surface area contributed by atoms with Crippen molar-refractivity contribution < 1.29 is 22.4 Å². The molecule has 1 aliphatic heterocycles. The van der Waals surface area contributed by atoms with Gasteiger partial charge in [-0.05, 0) is 44.4 Å². The highest BCUT2D eigenvalue weighted by atomic mass is 19.4. The largest absolute Gasteiger partial charge is 0.421 e. The summed E-state index contributed by atoms with van der Waals surface area (Å²) in [5.41, 5.74) is 1.08. The van der Waals surface area contributed by atoms with Gasteiger partial charge in [0.15, 0.2) is 0 Å². The van der Waals surface area contributed by atoms with Gasteiger partial charge in [-0.25, -0.2) is 0 Å². The average molecular weight is 432 g/mol. The summed E-state index contributed by atoms with van der Waals surface area (Å²) in [4.78, 5) is 18.6. The lowest BCUT2D eigenvalue weighted by atomic mass is 9.84. The van der Waals surface area contributed by atoms with Crippen LogP contribution in [0.15, 0.2) is 39.9 Å². The highest BCUT2D eigenvalue weighted by Crippen LogP contribution is 2.36. The van der Waals surface area contributed by atoms with Crippen LogP contribution in [0, 0.1) is 0 Å². The summed E-state index contributed by atoms with van der Waals surface area (Å²) in [5.74, 6) is 0.573. The second kappa shape index (κ2) is 8.28. The lowest BCUT2D eigenvalue weighted by Gasteiger charge is -2.34. The Hall–Kier alpha value is -2.97. The highest BCUT2D eigenvalue weighted by molar-refractivity contribution is 5.95. The first-order valence-corrected chi connectivity index (χ1v) is 10.2. The molecule has 0 saturated heterocycles. The topological polar surface area (TPSA) is 71.6 Å². The number of hydrogen-bond donors (Lipinski definition) is 0. The van der Waals surface area contributed by atoms with E-state index in [1.54, 1.807) is 13.2 Å². The normalized spacial score (nSPS) is 21.6. The third-order valence-corrected chi connectivity index (χ3v) is 5.90. The van der Waals surface area contributed by atoms with Gasteiger partial charge in [0.2, 0.25) is 11.8 Å². The number of amides is 1. The molecule has 1 aromatic heterocycles. The maximum absolute atomic E-state index is 13.0. The van der Waals surface area contributed by atoms with Crippen molar-refractivity contribution in [2.24, 2.45) is 4.99 Å². The third-order valence-electron chi connectivity index (χ3n) is 5.90. The van der Waals surface area contributed by atoms with Crippen LogP contribution in [0.2, 0.25) is 0 Å². The van der Waals surface area contributed by atoms with Crippen LogP contribution >= 0.6 is 0 Å². The van der Waals surface area contributed by atoms with Gasteiger partial charge in [-0.15, -0.1) is 10.2 Å². The first-order valence-electron chi connectivity index (χ1n) is 10.2. The van der Waals surface area contributed by atoms with E-state index in [0.717, 1.165) is 42.7 Å². The first-order chi connectivity index (χ1) is 14.7. The minimum Gasteiger partial charge on any atom is -0.421 e. The molecule has 0 spiro atoms. The standard InChI is InChI=1S/C22H23F3N4O2/c1-13-9-16(12-26-13)20-28-27-19(31-20)14-5-4-8-18(11-14)29(2)21(30)15-6-3-7-17(10-15)22(23,24)25/h3,6-7,10,12,14,18H,4-5,8-9,11H2,1-2H3/t14-,18+/m0/s1. The zero-order valence-corrected chi connectivity index (χ0v) is 17.3. The predicted molar refractivity (Wildman–Crippen MR) is 109 cm³/mol. The van der Waals surface area contributed by atoms with E-state index in [4.69, 9.17) is 4.42 Å². The Morgan fingerprint density at radius 3 is 2.74 bits per heavy atom. The van der Waals surface area contributed by atoms with Gasteiger partial charge in [0.25, 0.3) is 5.91 Å². The molecule has 1 aromatic carbocycles. The molecule has 0 unspecified atom stereocenters. The molecule has 31 heavy (non-hydrogen) atoms. The molecular weight excluding hydrogens is 409 g/mol. The van der Waals surface area contributed by atoms with Crippen LogP contribution in [-0.2, 0) is 6.18 Å². The maximum atomic E-state index is 13.0. The molecule has 4 rings (SSSR count). The Morgan fingerprint density at radius 2 is 2.03 bits per heavy atom. The van der Waals surface area contributed by atoms with Gasteiger partial charge in [0, 0.05) is 48.5 Å². The number of allylic oxidation sites excluding steroid dienone is 1. The van der Waals surface area contributed by atoms with Crippen LogP contribution in [0.3, 0.4) is 0 Å². The van der Waals surface area contributed by atoms with E-state index in [-0.39, 0.29) is 17.5 Å². The van der Waals surface area contributed by atoms with E-state index in [0.29, 0.717) is 24.6 Å². The third kappa shape index (κ3) is 4.55. The maximum Gasteiger partial charge on any atom is 0.416 e. The molecule has 0 bridgehead atoms. The molecule has 1 aliphatic carbocycles. The van der Waals surface area contributed by atoms with Gasteiger partial charge < -0.3 is 9.32 Å². The SMILES string of the molecule is CC1=NC=C(c2nnc([C@H]3CCC[C@@H](N(C)C(=O)c4cccc(C(F)(F)F)c4)C3)o2)C1. The molecule has 1 saturated carbocycles. The Bertz CT molecular complexity index is 1040. The fourth-order valence-electron chi connectivity index (χ4n) is 4.15. The molecular formula is C22H23F3N4O2. The van der Waals surface area contributed by atoms with E-state index >= 15 is 0 Å². The van der Waals surface area contributed by atoms with Crippen molar-refractivity contribution in [2.75, 3.05) is 7.05 Å². The van der Waals surface area contributed by atoms with Gasteiger partial charge in [0.1, 0.15) is 0 Å². The lowest BCUT2D eigenvalue weighted by Crippen LogP contribution is -2.40. The van der Waals surface area contributed by atoms with Crippen LogP contribution in [0.5, 0.6) is 0 Å². The molecule has 1 fully saturated rings. The Morgan fingerprint density at radius 1 is 1.23 bits per heavy atom. The van der Waals surface area contributed by atoms with Crippen molar-refractivity contribution in [2.45, 2.75) is 57.2 Å². The van der Waals surface area contributed by atoms with Crippen molar-refractivity contribution >= 4 is 17.2 Å². The van der Waals surface area contributed by atoms with Gasteiger partial charge in [-0.1, -0.05) is 12.5 Å². The number of hydrogen-bond acceptors (Lipinski definition) is 5. The smallest absolute Gasteiger partial charge is 0.416 e. The van der Waals surface area contributed by atoms with Crippen LogP contribution < -0.4 is 0 Å². The van der Waals surface area contributed by atoms with Crippen molar-refractivity contribution in [3.8, 4) is 0 Å². The van der Waals surface area contributed by atoms with Gasteiger partial charge in [-0.3, -0.25) is 9.79 Å². The molecule has 164 valence electrons. The van der Waals surface area contributed by atoms with Crippen LogP contribution in [0.25, 0.3) is 5.57 Å². The minimum atomic E-state index is -4.49. The molecule has 9 heteroatoms. The van der Waals surface area contributed by atoms with Crippen molar-refractivity contribution in [3.05, 3.63) is 53.4 Å². The molecule has 0 radical (unpaired) electrons. The number of aliphatic imine (C=N–C) groups is 1. The van der Waals surface area contributed by atoms with Crippen LogP contribution in [0.1, 0.15) is 72.6 Å². The molecule has 2 atom stereocenters. The number of benzene rings is 1. The summed E-state index contributed by atoms with van der Waals surface area (Å²) in [6.07, 6.45) is 1.05. The second-order valence-corrected chi connectivity index (χ2v) is 8.15. The number of rotatable bonds is 4. The van der Waals surface area contributed by atoms with Gasteiger partial charge in [0.05, 0.1) is 5.56 Å². The molecule has 6 nitrogen and oxygen atoms in total. The van der Waals surface area contributed by atoms with E-state index < -0.39 is 17.6 Å². The van der Waals surface area contributed by atoms with Crippen molar-refractivity contribution in [1.29, 1.82) is 0 Å². The van der Waals surface area contributed by atoms with Crippen molar-refractivity contribution in [3.63, 3.8) is 0 Å². The molecule has 2 aliphatic rings. The summed E-state index contributed by atoms with van der Waals surface area (Å²) < 4.78 is 44.9. The number of carbonyl (C=O) groups excluding carboxylic acids is 1. The van der Waals surface area contributed by atoms with Gasteiger partial charge >= 0.3 is 6.18 Å². The van der Waals surface area contributed by atoms with Crippen LogP contribution in [-0.4, -0.2) is 39.8 Å². The zero-order chi connectivity index (χ0) is 22.2. The first kappa shape index (κ1) is 21.3. The summed E-state index contributed by atoms with van der Waals surface area (Å²) >= 11 is 0. The number of aromatic nitrogens is 2. The fraction of sp³-hybridized carbons (Fsp3) is 0.455. The van der Waals surface area contributed by atoms with Crippen LogP contribution in [0.4, 0.5) is 13.2 Å². The van der Waals surface area contributed by atoms with Crippen molar-refractivity contribution in [1.82, 2.24) is 15.1 Å². The number of carbonyl (C=O) groups is 1. The summed E-state index contributed by atoms with van der Waals surface area (Å²) in [7, 11) is 1.64. The highest BCUT2D eigenvalue weighted by Gasteiger charge is 2.34. The Balaban J connectivity index is 1.45. The average Bonchev–Trinajstić information content (AvgIpc) is 3.41. The molecule has 2 aromatic rings. The number of alkyl halides is 3. The summed E-state index contributed by atoms with van der Waals surface area (Å²) in [5, 5.41) is 8.36. The quantitative estimate of drug-likeness (QED) is 0.675. The second-order valence-electron chi connectivity index (χ2n) is 8.15. The number of halogens is 3. The predicted octanol–water partition coefficient (Wildman–Crippen LogP) is 5.09. The molecule has 2 heterocycles. The Labute approximate surface area is 177 Å². The Kier molecular flexibility index (Phi) is 5.68. The monoisotopic (exact) mass is 432 g/mol. The lowest BCUT2D eigenvalue weighted by molar-refractivity contribution is -0.137. The fourth-order valence-corrected chi connectivity index (χ4v) is 4.15. The molecule has 0 N–H and O–H groups in total. The van der Waals surface area contributed by atoms with Gasteiger partial charge in [-0.2, -0.15) is 13.2 Å². The summed E-state index contributed by atoms with van der Waals surface area (Å²) in [6.45, 7) is 1.93. The number of nitrogens with zero attached hydrogens (tertiary/aromatic N) is 4. The minimum absolute atomic E-state index is 0.000720. The zero-order valence-electron chi connectivity index (χ0n) is 17.3.